The zero-order valence-corrected chi connectivity index (χ0v) is 17.8. The molecule has 150 valence electrons. The van der Waals surface area contributed by atoms with Crippen molar-refractivity contribution in [2.75, 3.05) is 0 Å². The largest absolute Gasteiger partial charge is 0.0654 e. The van der Waals surface area contributed by atoms with Gasteiger partial charge in [-0.05, 0) is 65.3 Å². The van der Waals surface area contributed by atoms with Gasteiger partial charge in [0.1, 0.15) is 0 Å². The van der Waals surface area contributed by atoms with Crippen molar-refractivity contribution in [3.05, 3.63) is 84.4 Å². The summed E-state index contributed by atoms with van der Waals surface area (Å²) in [5, 5.41) is 0. The van der Waals surface area contributed by atoms with Crippen molar-refractivity contribution in [2.45, 2.75) is 64.2 Å². The van der Waals surface area contributed by atoms with Crippen molar-refractivity contribution >= 4 is 0 Å². The lowest BCUT2D eigenvalue weighted by molar-refractivity contribution is 0.303. The van der Waals surface area contributed by atoms with E-state index in [9.17, 15) is 0 Å². The summed E-state index contributed by atoms with van der Waals surface area (Å²) in [5.41, 5.74) is 6.92. The summed E-state index contributed by atoms with van der Waals surface area (Å²) in [6.07, 6.45) is 11.2. The van der Waals surface area contributed by atoms with E-state index in [1.54, 1.807) is 5.56 Å². The molecule has 1 saturated carbocycles. The van der Waals surface area contributed by atoms with Gasteiger partial charge in [-0.15, -0.1) is 0 Å². The molecule has 0 bridgehead atoms. The molecule has 0 spiro atoms. The fourth-order valence-corrected chi connectivity index (χ4v) is 5.03. The summed E-state index contributed by atoms with van der Waals surface area (Å²) in [6.45, 7) is 2.31. The molecule has 0 atom stereocenters. The number of rotatable bonds is 7. The van der Waals surface area contributed by atoms with Crippen LogP contribution in [0.25, 0.3) is 22.3 Å². The Kier molecular flexibility index (Phi) is 6.83. The topological polar surface area (TPSA) is 0 Å². The van der Waals surface area contributed by atoms with Crippen LogP contribution in [-0.2, 0) is 0 Å². The Bertz CT molecular complexity index is 867. The predicted octanol–water partition coefficient (Wildman–Crippen LogP) is 8.87. The number of hydrogen-bond donors (Lipinski definition) is 0. The highest BCUT2D eigenvalue weighted by atomic mass is 14.3. The summed E-state index contributed by atoms with van der Waals surface area (Å²) >= 11 is 0. The van der Waals surface area contributed by atoms with Gasteiger partial charge < -0.3 is 0 Å². The molecule has 0 heteroatoms. The van der Waals surface area contributed by atoms with E-state index in [-0.39, 0.29) is 0 Å². The van der Waals surface area contributed by atoms with Gasteiger partial charge in [0.15, 0.2) is 0 Å². The molecule has 0 radical (unpaired) electrons. The van der Waals surface area contributed by atoms with Crippen LogP contribution in [-0.4, -0.2) is 0 Å². The summed E-state index contributed by atoms with van der Waals surface area (Å²) in [5.74, 6) is 1.69. The molecule has 1 aliphatic carbocycles. The van der Waals surface area contributed by atoms with Crippen LogP contribution in [0.15, 0.2) is 78.9 Å². The smallest absolute Gasteiger partial charge is 0.0149 e. The predicted molar refractivity (Wildman–Crippen MR) is 126 cm³/mol. The van der Waals surface area contributed by atoms with E-state index in [0.717, 1.165) is 11.8 Å². The minimum absolute atomic E-state index is 0.724. The van der Waals surface area contributed by atoms with Crippen molar-refractivity contribution in [1.29, 1.82) is 0 Å². The summed E-state index contributed by atoms with van der Waals surface area (Å²) in [7, 11) is 0. The van der Waals surface area contributed by atoms with Crippen LogP contribution in [0.1, 0.15) is 69.8 Å². The van der Waals surface area contributed by atoms with Crippen molar-refractivity contribution in [3.63, 3.8) is 0 Å². The first-order chi connectivity index (χ1) is 14.3. The van der Waals surface area contributed by atoms with Gasteiger partial charge in [0.2, 0.25) is 0 Å². The second-order valence-corrected chi connectivity index (χ2v) is 8.74. The van der Waals surface area contributed by atoms with Gasteiger partial charge in [0.05, 0.1) is 0 Å². The van der Waals surface area contributed by atoms with Crippen LogP contribution in [0.5, 0.6) is 0 Å². The SMILES string of the molecule is CCCCCC1CCC(c2ccccc2-c2ccc(-c3ccccc3)cc2)CC1. The van der Waals surface area contributed by atoms with E-state index < -0.39 is 0 Å². The first-order valence-electron chi connectivity index (χ1n) is 11.6. The normalized spacial score (nSPS) is 19.2. The highest BCUT2D eigenvalue weighted by molar-refractivity contribution is 5.72. The Hall–Kier alpha value is -2.34. The molecule has 1 fully saturated rings. The third-order valence-electron chi connectivity index (χ3n) is 6.77. The molecule has 29 heavy (non-hydrogen) atoms. The molecule has 0 unspecified atom stereocenters. The molecule has 3 aromatic rings. The first-order valence-corrected chi connectivity index (χ1v) is 11.6. The number of hydrogen-bond acceptors (Lipinski definition) is 0. The molecule has 4 rings (SSSR count). The Balaban J connectivity index is 1.48. The lowest BCUT2D eigenvalue weighted by Crippen LogP contribution is -2.14. The van der Waals surface area contributed by atoms with Gasteiger partial charge in [0, 0.05) is 0 Å². The van der Waals surface area contributed by atoms with E-state index >= 15 is 0 Å². The average Bonchev–Trinajstić information content (AvgIpc) is 2.80. The molecule has 0 saturated heterocycles. The Morgan fingerprint density at radius 3 is 1.97 bits per heavy atom. The third kappa shape index (κ3) is 4.99. The van der Waals surface area contributed by atoms with E-state index in [1.165, 1.54) is 73.6 Å². The quantitative estimate of drug-likeness (QED) is 0.358. The Labute approximate surface area is 177 Å². The summed E-state index contributed by atoms with van der Waals surface area (Å²) < 4.78 is 0. The maximum absolute atomic E-state index is 2.38. The van der Waals surface area contributed by atoms with Gasteiger partial charge >= 0.3 is 0 Å². The van der Waals surface area contributed by atoms with Gasteiger partial charge in [-0.1, -0.05) is 111 Å². The fraction of sp³-hybridized carbons (Fsp3) is 0.379. The van der Waals surface area contributed by atoms with Crippen molar-refractivity contribution in [1.82, 2.24) is 0 Å². The second kappa shape index (κ2) is 9.92. The highest BCUT2D eigenvalue weighted by Gasteiger charge is 2.23. The van der Waals surface area contributed by atoms with Crippen molar-refractivity contribution in [3.8, 4) is 22.3 Å². The lowest BCUT2D eigenvalue weighted by atomic mass is 9.75. The molecule has 0 heterocycles. The average molecular weight is 383 g/mol. The molecule has 1 aliphatic rings. The van der Waals surface area contributed by atoms with Crippen LogP contribution in [0.2, 0.25) is 0 Å². The zero-order chi connectivity index (χ0) is 19.9. The van der Waals surface area contributed by atoms with Crippen LogP contribution in [0.4, 0.5) is 0 Å². The number of unbranched alkanes of at least 4 members (excludes halogenated alkanes) is 2. The fourth-order valence-electron chi connectivity index (χ4n) is 5.03. The lowest BCUT2D eigenvalue weighted by Gasteiger charge is -2.30. The minimum atomic E-state index is 0.724. The van der Waals surface area contributed by atoms with Crippen LogP contribution >= 0.6 is 0 Å². The second-order valence-electron chi connectivity index (χ2n) is 8.74. The zero-order valence-electron chi connectivity index (χ0n) is 17.8. The molecule has 3 aromatic carbocycles. The molecule has 0 amide bonds. The molecule has 0 N–H and O–H groups in total. The van der Waals surface area contributed by atoms with Crippen LogP contribution in [0, 0.1) is 5.92 Å². The monoisotopic (exact) mass is 382 g/mol. The van der Waals surface area contributed by atoms with Crippen LogP contribution < -0.4 is 0 Å². The van der Waals surface area contributed by atoms with Crippen molar-refractivity contribution in [2.24, 2.45) is 5.92 Å². The third-order valence-corrected chi connectivity index (χ3v) is 6.77. The number of benzene rings is 3. The molecule has 0 aromatic heterocycles. The van der Waals surface area contributed by atoms with Gasteiger partial charge in [0.25, 0.3) is 0 Å². The Morgan fingerprint density at radius 2 is 1.24 bits per heavy atom. The highest BCUT2D eigenvalue weighted by Crippen LogP contribution is 2.41. The van der Waals surface area contributed by atoms with E-state index in [2.05, 4.69) is 85.8 Å². The summed E-state index contributed by atoms with van der Waals surface area (Å²) in [6, 6.07) is 28.9. The first kappa shape index (κ1) is 20.0. The molecular weight excluding hydrogens is 348 g/mol. The van der Waals surface area contributed by atoms with E-state index in [1.807, 2.05) is 0 Å². The van der Waals surface area contributed by atoms with Crippen LogP contribution in [0.3, 0.4) is 0 Å². The maximum Gasteiger partial charge on any atom is -0.0149 e. The van der Waals surface area contributed by atoms with E-state index in [4.69, 9.17) is 0 Å². The maximum atomic E-state index is 2.38. The Morgan fingerprint density at radius 1 is 0.621 bits per heavy atom. The molecular formula is C29H34. The van der Waals surface area contributed by atoms with Crippen molar-refractivity contribution < 1.29 is 0 Å². The van der Waals surface area contributed by atoms with Gasteiger partial charge in [-0.25, -0.2) is 0 Å². The van der Waals surface area contributed by atoms with Gasteiger partial charge in [-0.2, -0.15) is 0 Å². The van der Waals surface area contributed by atoms with Gasteiger partial charge in [-0.3, -0.25) is 0 Å². The standard InChI is InChI=1S/C29H34/c1-2-3-5-10-23-15-17-26(18-16-23)28-13-8-9-14-29(28)27-21-19-25(20-22-27)24-11-6-4-7-12-24/h4,6-9,11-14,19-23,26H,2-3,5,10,15-18H2,1H3. The minimum Gasteiger partial charge on any atom is -0.0654 e. The molecule has 0 aliphatic heterocycles. The summed E-state index contributed by atoms with van der Waals surface area (Å²) in [4.78, 5) is 0. The molecule has 0 nitrogen and oxygen atoms in total. The van der Waals surface area contributed by atoms with E-state index in [0.29, 0.717) is 0 Å².